The molecule has 1 aliphatic heterocycles. The molecule has 11 heteroatoms. The third-order valence-corrected chi connectivity index (χ3v) is 5.40. The number of thioether (sulfide) groups is 1. The highest BCUT2D eigenvalue weighted by Gasteiger charge is 2.37. The average molecular weight is 563 g/mol. The first-order valence-electron chi connectivity index (χ1n) is 8.99. The number of halogens is 1. The van der Waals surface area contributed by atoms with E-state index in [0.29, 0.717) is 20.6 Å². The van der Waals surface area contributed by atoms with Crippen LogP contribution in [0.4, 0.5) is 4.79 Å². The van der Waals surface area contributed by atoms with Gasteiger partial charge in [-0.2, -0.15) is 0 Å². The molecule has 0 saturated carbocycles. The lowest BCUT2D eigenvalue weighted by atomic mass is 10.2. The zero-order valence-corrected chi connectivity index (χ0v) is 20.6. The minimum atomic E-state index is -0.723. The van der Waals surface area contributed by atoms with Gasteiger partial charge in [0.1, 0.15) is 12.1 Å². The van der Waals surface area contributed by atoms with Gasteiger partial charge in [-0.1, -0.05) is 0 Å². The third-order valence-electron chi connectivity index (χ3n) is 3.69. The first-order chi connectivity index (χ1) is 14.4. The van der Waals surface area contributed by atoms with Crippen LogP contribution in [0, 0.1) is 3.57 Å². The van der Waals surface area contributed by atoms with E-state index >= 15 is 0 Å². The molecule has 1 aliphatic rings. The van der Waals surface area contributed by atoms with Crippen LogP contribution in [0.2, 0.25) is 0 Å². The van der Waals surface area contributed by atoms with Crippen molar-refractivity contribution in [3.63, 3.8) is 0 Å². The van der Waals surface area contributed by atoms with Gasteiger partial charge in [-0.3, -0.25) is 19.3 Å². The molecule has 0 spiro atoms. The number of carbonyl (C=O) groups excluding carboxylic acids is 4. The monoisotopic (exact) mass is 563 g/mol. The fraction of sp³-hybridized carbons (Fsp3) is 0.400. The number of benzene rings is 1. The largest absolute Gasteiger partial charge is 0.493 e. The van der Waals surface area contributed by atoms with E-state index in [1.165, 1.54) is 20.3 Å². The minimum absolute atomic E-state index is 0.162. The molecule has 1 heterocycles. The molecule has 1 aromatic carbocycles. The molecule has 1 saturated heterocycles. The zero-order valence-electron chi connectivity index (χ0n) is 17.6. The lowest BCUT2D eigenvalue weighted by molar-refractivity contribution is -0.156. The molecule has 0 unspecified atom stereocenters. The van der Waals surface area contributed by atoms with Gasteiger partial charge in [0.15, 0.2) is 18.1 Å². The quantitative estimate of drug-likeness (QED) is 0.281. The van der Waals surface area contributed by atoms with Crippen LogP contribution in [-0.4, -0.2) is 61.0 Å². The molecule has 2 rings (SSSR count). The highest BCUT2D eigenvalue weighted by Crippen LogP contribution is 2.37. The van der Waals surface area contributed by atoms with Crippen molar-refractivity contribution in [2.75, 3.05) is 27.4 Å². The number of carbonyl (C=O) groups is 4. The predicted molar refractivity (Wildman–Crippen MR) is 122 cm³/mol. The van der Waals surface area contributed by atoms with Gasteiger partial charge in [-0.25, -0.2) is 4.79 Å². The van der Waals surface area contributed by atoms with E-state index in [-0.39, 0.29) is 11.5 Å². The summed E-state index contributed by atoms with van der Waals surface area (Å²) in [5.41, 5.74) is -0.144. The fourth-order valence-electron chi connectivity index (χ4n) is 2.44. The molecule has 1 fully saturated rings. The van der Waals surface area contributed by atoms with E-state index in [1.807, 2.05) is 22.6 Å². The molecule has 0 atom stereocenters. The Morgan fingerprint density at radius 2 is 1.84 bits per heavy atom. The number of hydrogen-bond acceptors (Lipinski definition) is 9. The van der Waals surface area contributed by atoms with E-state index in [0.717, 1.165) is 16.7 Å². The van der Waals surface area contributed by atoms with Crippen molar-refractivity contribution in [3.8, 4) is 11.5 Å². The first kappa shape index (κ1) is 25.0. The van der Waals surface area contributed by atoms with Crippen molar-refractivity contribution in [1.29, 1.82) is 0 Å². The molecule has 0 radical (unpaired) electrons. The number of rotatable bonds is 7. The molecule has 0 aliphatic carbocycles. The number of esters is 2. The van der Waals surface area contributed by atoms with E-state index in [1.54, 1.807) is 32.9 Å². The standard InChI is InChI=1S/C20H22INO8S/c1-20(2,3)30-15(23)9-22-18(25)14(31-19(22)26)8-11-6-12(21)17(13(7-11)27-4)29-10-16(24)28-5/h6-8H,9-10H2,1-5H3. The van der Waals surface area contributed by atoms with Crippen molar-refractivity contribution in [3.05, 3.63) is 26.2 Å². The van der Waals surface area contributed by atoms with Crippen molar-refractivity contribution in [2.45, 2.75) is 26.4 Å². The van der Waals surface area contributed by atoms with Gasteiger partial charge in [0, 0.05) is 0 Å². The van der Waals surface area contributed by atoms with Gasteiger partial charge < -0.3 is 18.9 Å². The summed E-state index contributed by atoms with van der Waals surface area (Å²) in [6.07, 6.45) is 1.52. The Morgan fingerprint density at radius 3 is 2.42 bits per heavy atom. The zero-order chi connectivity index (χ0) is 23.3. The summed E-state index contributed by atoms with van der Waals surface area (Å²) in [7, 11) is 2.70. The first-order valence-corrected chi connectivity index (χ1v) is 10.9. The van der Waals surface area contributed by atoms with Gasteiger partial charge in [0.05, 0.1) is 22.7 Å². The van der Waals surface area contributed by atoms with Gasteiger partial charge in [-0.05, 0) is 78.9 Å². The second-order valence-corrected chi connectivity index (χ2v) is 9.41. The van der Waals surface area contributed by atoms with Crippen molar-refractivity contribution in [2.24, 2.45) is 0 Å². The van der Waals surface area contributed by atoms with Crippen LogP contribution in [0.15, 0.2) is 17.0 Å². The number of hydrogen-bond donors (Lipinski definition) is 0. The van der Waals surface area contributed by atoms with E-state index in [9.17, 15) is 19.2 Å². The van der Waals surface area contributed by atoms with Crippen molar-refractivity contribution in [1.82, 2.24) is 4.90 Å². The van der Waals surface area contributed by atoms with Crippen LogP contribution < -0.4 is 9.47 Å². The second-order valence-electron chi connectivity index (χ2n) is 7.25. The van der Waals surface area contributed by atoms with Crippen LogP contribution in [0.3, 0.4) is 0 Å². The Kier molecular flexibility index (Phi) is 8.34. The van der Waals surface area contributed by atoms with Crippen molar-refractivity contribution >= 4 is 63.5 Å². The molecule has 168 valence electrons. The van der Waals surface area contributed by atoms with Crippen LogP contribution in [0.25, 0.3) is 6.08 Å². The smallest absolute Gasteiger partial charge is 0.343 e. The molecule has 0 bridgehead atoms. The summed E-state index contributed by atoms with van der Waals surface area (Å²) in [6.45, 7) is 4.36. The Morgan fingerprint density at radius 1 is 1.16 bits per heavy atom. The lowest BCUT2D eigenvalue weighted by Gasteiger charge is -2.21. The summed E-state index contributed by atoms with van der Waals surface area (Å²) < 4.78 is 21.1. The Balaban J connectivity index is 2.22. The van der Waals surface area contributed by atoms with Gasteiger partial charge in [-0.15, -0.1) is 0 Å². The van der Waals surface area contributed by atoms with Gasteiger partial charge in [0.2, 0.25) is 0 Å². The summed E-state index contributed by atoms with van der Waals surface area (Å²) in [5, 5.41) is -0.554. The molecule has 1 aromatic rings. The van der Waals surface area contributed by atoms with Crippen LogP contribution >= 0.6 is 34.4 Å². The van der Waals surface area contributed by atoms with E-state index in [2.05, 4.69) is 4.74 Å². The molecule has 31 heavy (non-hydrogen) atoms. The van der Waals surface area contributed by atoms with Crippen molar-refractivity contribution < 1.29 is 38.1 Å². The maximum Gasteiger partial charge on any atom is 0.343 e. The molecule has 2 amide bonds. The highest BCUT2D eigenvalue weighted by atomic mass is 127. The minimum Gasteiger partial charge on any atom is -0.493 e. The number of ether oxygens (including phenoxy) is 4. The molecular weight excluding hydrogens is 541 g/mol. The topological polar surface area (TPSA) is 108 Å². The summed E-state index contributed by atoms with van der Waals surface area (Å²) in [4.78, 5) is 49.2. The Labute approximate surface area is 197 Å². The summed E-state index contributed by atoms with van der Waals surface area (Å²) in [5.74, 6) is -1.10. The fourth-order valence-corrected chi connectivity index (χ4v) is 4.06. The number of amides is 2. The van der Waals surface area contributed by atoms with Gasteiger partial charge >= 0.3 is 11.9 Å². The van der Waals surface area contributed by atoms with Crippen LogP contribution in [-0.2, 0) is 23.9 Å². The number of nitrogens with zero attached hydrogens (tertiary/aromatic N) is 1. The Bertz CT molecular complexity index is 938. The summed E-state index contributed by atoms with van der Waals surface area (Å²) in [6, 6.07) is 3.31. The van der Waals surface area contributed by atoms with E-state index in [4.69, 9.17) is 14.2 Å². The molecular formula is C20H22INO8S. The SMILES string of the molecule is COC(=O)COc1c(I)cc(C=C2SC(=O)N(CC(=O)OC(C)(C)C)C2=O)cc1OC. The Hall–Kier alpha value is -2.28. The van der Waals surface area contributed by atoms with E-state index < -0.39 is 35.2 Å². The third kappa shape index (κ3) is 6.86. The molecule has 0 aromatic heterocycles. The highest BCUT2D eigenvalue weighted by molar-refractivity contribution is 14.1. The van der Waals surface area contributed by atoms with Gasteiger partial charge in [0.25, 0.3) is 11.1 Å². The molecule has 0 N–H and O–H groups in total. The van der Waals surface area contributed by atoms with Crippen LogP contribution in [0.5, 0.6) is 11.5 Å². The molecule has 9 nitrogen and oxygen atoms in total. The predicted octanol–water partition coefficient (Wildman–Crippen LogP) is 3.23. The second kappa shape index (κ2) is 10.4. The van der Waals surface area contributed by atoms with Crippen LogP contribution in [0.1, 0.15) is 26.3 Å². The maximum atomic E-state index is 12.6. The normalized spacial score (nSPS) is 15.3. The lowest BCUT2D eigenvalue weighted by Crippen LogP contribution is -2.37. The average Bonchev–Trinajstić information content (AvgIpc) is 2.92. The number of methoxy groups -OCH3 is 2. The summed E-state index contributed by atoms with van der Waals surface area (Å²) >= 11 is 2.74. The maximum absolute atomic E-state index is 12.6. The number of imide groups is 1.